The molecule has 0 saturated carbocycles. The van der Waals surface area contributed by atoms with Crippen molar-refractivity contribution in [3.05, 3.63) is 35.9 Å². The number of carbonyl (C=O) groups is 2. The molecule has 1 N–H and O–H groups in total. The molecule has 0 unspecified atom stereocenters. The number of hydrogen-bond acceptors (Lipinski definition) is 5. The first kappa shape index (κ1) is 26.3. The fourth-order valence-electron chi connectivity index (χ4n) is 3.74. The molecule has 32 heavy (non-hydrogen) atoms. The molecule has 0 bridgehead atoms. The van der Waals surface area contributed by atoms with E-state index in [-0.39, 0.29) is 17.1 Å². The van der Waals surface area contributed by atoms with E-state index in [1.807, 2.05) is 6.07 Å². The van der Waals surface area contributed by atoms with Crippen molar-refractivity contribution < 1.29 is 18.5 Å². The number of benzene rings is 1. The van der Waals surface area contributed by atoms with E-state index in [0.29, 0.717) is 13.1 Å². The van der Waals surface area contributed by atoms with Crippen LogP contribution >= 0.6 is 0 Å². The average Bonchev–Trinajstić information content (AvgIpc) is 2.70. The Labute approximate surface area is 195 Å². The van der Waals surface area contributed by atoms with Crippen molar-refractivity contribution in [1.82, 2.24) is 15.1 Å². The Balaban J connectivity index is 1.88. The van der Waals surface area contributed by atoms with E-state index in [1.54, 1.807) is 25.7 Å². The summed E-state index contributed by atoms with van der Waals surface area (Å²) in [6, 6.07) is 9.69. The summed E-state index contributed by atoms with van der Waals surface area (Å²) >= 11 is 0. The van der Waals surface area contributed by atoms with Crippen LogP contribution in [0.25, 0.3) is 0 Å². The van der Waals surface area contributed by atoms with Gasteiger partial charge in [-0.2, -0.15) is 0 Å². The smallest absolute Gasteiger partial charge is 0.408 e. The largest absolute Gasteiger partial charge is 0.444 e. The van der Waals surface area contributed by atoms with Crippen molar-refractivity contribution in [3.63, 3.8) is 0 Å². The van der Waals surface area contributed by atoms with Crippen LogP contribution in [0.5, 0.6) is 0 Å². The minimum absolute atomic E-state index is 0.0730. The van der Waals surface area contributed by atoms with Crippen LogP contribution < -0.4 is 5.32 Å². The zero-order valence-corrected chi connectivity index (χ0v) is 21.2. The molecular weight excluding hydrogens is 426 g/mol. The van der Waals surface area contributed by atoms with Gasteiger partial charge in [-0.05, 0) is 44.7 Å². The van der Waals surface area contributed by atoms with Crippen molar-refractivity contribution in [1.29, 1.82) is 0 Å². The number of rotatable bonds is 8. The highest BCUT2D eigenvalue weighted by atomic mass is 32.2. The first-order chi connectivity index (χ1) is 14.9. The van der Waals surface area contributed by atoms with Crippen LogP contribution in [0.3, 0.4) is 0 Å². The van der Waals surface area contributed by atoms with E-state index in [9.17, 15) is 13.8 Å². The lowest BCUT2D eigenvalue weighted by Crippen LogP contribution is -2.57. The molecule has 2 amide bonds. The van der Waals surface area contributed by atoms with Gasteiger partial charge >= 0.3 is 6.09 Å². The van der Waals surface area contributed by atoms with Gasteiger partial charge in [0, 0.05) is 43.2 Å². The molecule has 1 aliphatic heterocycles. The van der Waals surface area contributed by atoms with E-state index >= 15 is 0 Å². The third-order valence-electron chi connectivity index (χ3n) is 5.68. The minimum Gasteiger partial charge on any atom is -0.444 e. The monoisotopic (exact) mass is 465 g/mol. The van der Waals surface area contributed by atoms with Crippen molar-refractivity contribution >= 4 is 22.8 Å². The van der Waals surface area contributed by atoms with Crippen LogP contribution in [0.1, 0.15) is 46.6 Å². The van der Waals surface area contributed by atoms with Crippen molar-refractivity contribution in [2.24, 2.45) is 0 Å². The number of hydrogen-bond donors (Lipinski definition) is 1. The number of nitrogens with one attached hydrogen (secondary N) is 1. The average molecular weight is 466 g/mol. The molecule has 1 saturated heterocycles. The molecule has 0 spiro atoms. The van der Waals surface area contributed by atoms with Gasteiger partial charge in [0.15, 0.2) is 0 Å². The normalized spacial score (nSPS) is 17.5. The van der Waals surface area contributed by atoms with Gasteiger partial charge < -0.3 is 15.0 Å². The first-order valence-corrected chi connectivity index (χ1v) is 13.0. The van der Waals surface area contributed by atoms with Crippen LogP contribution in [0, 0.1) is 0 Å². The highest BCUT2D eigenvalue weighted by Gasteiger charge is 2.31. The Kier molecular flexibility index (Phi) is 9.28. The van der Waals surface area contributed by atoms with Crippen LogP contribution in [0.15, 0.2) is 30.3 Å². The molecule has 2 rings (SSSR count). The zero-order valence-electron chi connectivity index (χ0n) is 20.3. The second kappa shape index (κ2) is 11.3. The summed E-state index contributed by atoms with van der Waals surface area (Å²) in [6.45, 7) is 13.5. The van der Waals surface area contributed by atoms with Gasteiger partial charge in [-0.1, -0.05) is 44.2 Å². The van der Waals surface area contributed by atoms with Crippen molar-refractivity contribution in [2.45, 2.75) is 58.1 Å². The van der Waals surface area contributed by atoms with Gasteiger partial charge in [-0.25, -0.2) is 4.79 Å². The Morgan fingerprint density at radius 1 is 1.06 bits per heavy atom. The molecule has 7 nitrogen and oxygen atoms in total. The molecule has 0 radical (unpaired) electrons. The highest BCUT2D eigenvalue weighted by molar-refractivity contribution is 7.84. The number of ether oxygens (including phenoxy) is 1. The summed E-state index contributed by atoms with van der Waals surface area (Å²) in [7, 11) is -1.23. The maximum absolute atomic E-state index is 13.0. The topological polar surface area (TPSA) is 78.9 Å². The van der Waals surface area contributed by atoms with Gasteiger partial charge in [0.05, 0.1) is 5.75 Å². The van der Waals surface area contributed by atoms with Crippen molar-refractivity contribution in [2.75, 3.05) is 44.7 Å². The van der Waals surface area contributed by atoms with E-state index in [1.165, 1.54) is 11.8 Å². The number of amides is 2. The van der Waals surface area contributed by atoms with Gasteiger partial charge in [0.2, 0.25) is 5.91 Å². The summed E-state index contributed by atoms with van der Waals surface area (Å²) in [5, 5.41) is 2.62. The Bertz CT molecular complexity index is 784. The van der Waals surface area contributed by atoms with E-state index in [0.717, 1.165) is 26.1 Å². The van der Waals surface area contributed by atoms with Gasteiger partial charge in [0.25, 0.3) is 0 Å². The molecule has 2 atom stereocenters. The number of piperazine rings is 1. The highest BCUT2D eigenvalue weighted by Crippen LogP contribution is 2.27. The lowest BCUT2D eigenvalue weighted by atomic mass is 9.81. The van der Waals surface area contributed by atoms with Crippen molar-refractivity contribution in [3.8, 4) is 0 Å². The quantitative estimate of drug-likeness (QED) is 0.639. The number of alkyl carbamates (subject to hydrolysis) is 1. The Morgan fingerprint density at radius 2 is 1.66 bits per heavy atom. The summed E-state index contributed by atoms with van der Waals surface area (Å²) in [4.78, 5) is 29.4. The van der Waals surface area contributed by atoms with Gasteiger partial charge in [-0.15, -0.1) is 0 Å². The predicted octanol–water partition coefficient (Wildman–Crippen LogP) is 2.77. The van der Waals surface area contributed by atoms with Crippen LogP contribution in [0.2, 0.25) is 0 Å². The second-order valence-corrected chi connectivity index (χ2v) is 11.6. The Morgan fingerprint density at radius 3 is 2.19 bits per heavy atom. The van der Waals surface area contributed by atoms with Gasteiger partial charge in [0.1, 0.15) is 11.6 Å². The molecule has 8 heteroatoms. The van der Waals surface area contributed by atoms with Gasteiger partial charge in [-0.3, -0.25) is 13.9 Å². The Hall–Kier alpha value is -1.93. The molecule has 1 aromatic rings. The van der Waals surface area contributed by atoms with E-state index < -0.39 is 28.5 Å². The van der Waals surface area contributed by atoms with Crippen LogP contribution in [-0.2, 0) is 25.7 Å². The molecule has 1 aliphatic rings. The van der Waals surface area contributed by atoms with Crippen LogP contribution in [0.4, 0.5) is 4.79 Å². The summed E-state index contributed by atoms with van der Waals surface area (Å²) in [5.41, 5.74) is 0.752. The predicted molar refractivity (Wildman–Crippen MR) is 129 cm³/mol. The minimum atomic E-state index is -1.23. The lowest BCUT2D eigenvalue weighted by molar-refractivity contribution is -0.134. The number of nitrogens with zero attached hydrogens (tertiary/aromatic N) is 2. The maximum Gasteiger partial charge on any atom is 0.408 e. The summed E-state index contributed by atoms with van der Waals surface area (Å²) in [5.74, 6) is -0.126. The van der Waals surface area contributed by atoms with E-state index in [2.05, 4.69) is 48.3 Å². The number of carbonyl (C=O) groups excluding carboxylic acids is 2. The standard InChI is InChI=1S/C24H39N3O4S/c1-23(2,3)31-22(29)25-20(18-32(6)30)21(28)27-16-14-26(15-17-27)13-12-24(4,5)19-10-8-7-9-11-19/h7-11,20H,12-18H2,1-6H3,(H,25,29)/t20-,32-/m0/s1. The van der Waals surface area contributed by atoms with Crippen LogP contribution in [-0.4, -0.2) is 82.4 Å². The molecule has 1 heterocycles. The fraction of sp³-hybridized carbons (Fsp3) is 0.667. The molecule has 0 aromatic heterocycles. The first-order valence-electron chi connectivity index (χ1n) is 11.2. The molecule has 180 valence electrons. The molecular formula is C24H39N3O4S. The fourth-order valence-corrected chi connectivity index (χ4v) is 4.44. The SMILES string of the molecule is C[S@](=O)C[C@H](NC(=O)OC(C)(C)C)C(=O)N1CCN(CCC(C)(C)c2ccccc2)CC1. The molecule has 1 fully saturated rings. The summed E-state index contributed by atoms with van der Waals surface area (Å²) < 4.78 is 17.1. The lowest BCUT2D eigenvalue weighted by Gasteiger charge is -2.38. The maximum atomic E-state index is 13.0. The van der Waals surface area contributed by atoms with E-state index in [4.69, 9.17) is 4.74 Å². The zero-order chi connectivity index (χ0) is 23.9. The molecule has 0 aliphatic carbocycles. The third-order valence-corrected chi connectivity index (χ3v) is 6.49. The molecule has 1 aromatic carbocycles. The third kappa shape index (κ3) is 8.54. The summed E-state index contributed by atoms with van der Waals surface area (Å²) in [6.07, 6.45) is 1.90. The second-order valence-electron chi connectivity index (χ2n) is 10.1.